The Balaban J connectivity index is 1.95. The van der Waals surface area contributed by atoms with Gasteiger partial charge in [-0.15, -0.1) is 0 Å². The van der Waals surface area contributed by atoms with E-state index in [1.54, 1.807) is 0 Å². The molecule has 1 aliphatic rings. The zero-order valence-electron chi connectivity index (χ0n) is 9.04. The lowest BCUT2D eigenvalue weighted by molar-refractivity contribution is 0.261. The van der Waals surface area contributed by atoms with Crippen LogP contribution in [-0.2, 0) is 17.5 Å². The van der Waals surface area contributed by atoms with E-state index in [9.17, 15) is 4.57 Å². The van der Waals surface area contributed by atoms with E-state index >= 15 is 0 Å². The summed E-state index contributed by atoms with van der Waals surface area (Å²) in [5.41, 5.74) is 2.63. The molecule has 5 heteroatoms. The molecule has 2 rings (SSSR count). The summed E-state index contributed by atoms with van der Waals surface area (Å²) in [7, 11) is -3.86. The van der Waals surface area contributed by atoms with Crippen molar-refractivity contribution in [3.63, 3.8) is 0 Å². The van der Waals surface area contributed by atoms with Gasteiger partial charge in [0.1, 0.15) is 0 Å². The molecule has 1 heterocycles. The molecule has 2 N–H and O–H groups in total. The Kier molecular flexibility index (Phi) is 3.45. The van der Waals surface area contributed by atoms with Gasteiger partial charge in [-0.1, -0.05) is 24.3 Å². The predicted octanol–water partition coefficient (Wildman–Crippen LogP) is 1.22. The Hall–Kier alpha value is -0.670. The number of nitrogens with zero attached hydrogens (tertiary/aromatic N) is 1. The van der Waals surface area contributed by atoms with E-state index in [4.69, 9.17) is 9.79 Å². The third-order valence-corrected chi connectivity index (χ3v) is 3.70. The molecule has 0 radical (unpaired) electrons. The molecule has 0 aliphatic carbocycles. The Morgan fingerprint density at radius 1 is 1.25 bits per heavy atom. The van der Waals surface area contributed by atoms with Crippen molar-refractivity contribution >= 4 is 7.60 Å². The Morgan fingerprint density at radius 2 is 1.94 bits per heavy atom. The maximum absolute atomic E-state index is 10.8. The van der Waals surface area contributed by atoms with Crippen LogP contribution in [0.5, 0.6) is 0 Å². The lowest BCUT2D eigenvalue weighted by atomic mass is 10.0. The van der Waals surface area contributed by atoms with E-state index in [1.807, 2.05) is 12.1 Å². The summed E-state index contributed by atoms with van der Waals surface area (Å²) in [6.45, 7) is 2.16. The van der Waals surface area contributed by atoms with Crippen molar-refractivity contribution < 1.29 is 14.4 Å². The first-order valence-electron chi connectivity index (χ1n) is 5.38. The summed E-state index contributed by atoms with van der Waals surface area (Å²) in [5, 5.41) is 0. The zero-order chi connectivity index (χ0) is 11.6. The Morgan fingerprint density at radius 3 is 2.62 bits per heavy atom. The highest BCUT2D eigenvalue weighted by Gasteiger charge is 2.19. The quantitative estimate of drug-likeness (QED) is 0.781. The van der Waals surface area contributed by atoms with E-state index in [0.717, 1.165) is 19.5 Å². The van der Waals surface area contributed by atoms with Gasteiger partial charge in [0, 0.05) is 19.6 Å². The van der Waals surface area contributed by atoms with Crippen LogP contribution < -0.4 is 0 Å². The first-order valence-corrected chi connectivity index (χ1v) is 7.18. The first kappa shape index (κ1) is 11.8. The smallest absolute Gasteiger partial charge is 0.324 e. The summed E-state index contributed by atoms with van der Waals surface area (Å²) in [6, 6.07) is 8.24. The normalized spacial score (nSPS) is 17.1. The first-order chi connectivity index (χ1) is 7.54. The van der Waals surface area contributed by atoms with Crippen molar-refractivity contribution in [1.82, 2.24) is 4.90 Å². The van der Waals surface area contributed by atoms with Gasteiger partial charge < -0.3 is 9.79 Å². The molecule has 0 aromatic heterocycles. The monoisotopic (exact) mass is 241 g/mol. The average molecular weight is 241 g/mol. The highest BCUT2D eigenvalue weighted by atomic mass is 31.2. The van der Waals surface area contributed by atoms with Gasteiger partial charge in [0.25, 0.3) is 0 Å². The molecule has 1 aliphatic heterocycles. The third kappa shape index (κ3) is 3.16. The van der Waals surface area contributed by atoms with E-state index < -0.39 is 7.60 Å². The second-order valence-corrected chi connectivity index (χ2v) is 5.96. The predicted molar refractivity (Wildman–Crippen MR) is 62.3 cm³/mol. The molecule has 1 aromatic rings. The molecule has 0 atom stereocenters. The molecular weight excluding hydrogens is 225 g/mol. The summed E-state index contributed by atoms with van der Waals surface area (Å²) in [4.78, 5) is 19.8. The molecule has 0 unspecified atom stereocenters. The second kappa shape index (κ2) is 4.68. The van der Waals surface area contributed by atoms with Crippen LogP contribution in [0.3, 0.4) is 0 Å². The topological polar surface area (TPSA) is 60.8 Å². The Labute approximate surface area is 95.1 Å². The highest BCUT2D eigenvalue weighted by Crippen LogP contribution is 2.34. The summed E-state index contributed by atoms with van der Waals surface area (Å²) < 4.78 is 10.8. The van der Waals surface area contributed by atoms with Gasteiger partial charge in [-0.05, 0) is 17.5 Å². The molecule has 88 valence electrons. The van der Waals surface area contributed by atoms with Gasteiger partial charge in [0.15, 0.2) is 0 Å². The maximum Gasteiger partial charge on any atom is 0.326 e. The fourth-order valence-corrected chi connectivity index (χ4v) is 2.56. The summed E-state index contributed by atoms with van der Waals surface area (Å²) >= 11 is 0. The van der Waals surface area contributed by atoms with E-state index in [2.05, 4.69) is 17.0 Å². The van der Waals surface area contributed by atoms with Crippen LogP contribution in [0.2, 0.25) is 0 Å². The molecule has 0 saturated heterocycles. The van der Waals surface area contributed by atoms with Gasteiger partial charge in [-0.25, -0.2) is 0 Å². The SMILES string of the molecule is O=P(O)(O)CCN1CCc2ccccc2C1. The Bertz CT molecular complexity index is 415. The van der Waals surface area contributed by atoms with Crippen LogP contribution in [0.25, 0.3) is 0 Å². The molecule has 1 aromatic carbocycles. The molecule has 16 heavy (non-hydrogen) atoms. The van der Waals surface area contributed by atoms with Crippen molar-refractivity contribution in [1.29, 1.82) is 0 Å². The number of fused-ring (bicyclic) bond motifs is 1. The van der Waals surface area contributed by atoms with Gasteiger partial charge >= 0.3 is 7.60 Å². The minimum atomic E-state index is -3.86. The summed E-state index contributed by atoms with van der Waals surface area (Å²) in [6.07, 6.45) is 0.923. The molecule has 0 saturated carbocycles. The highest BCUT2D eigenvalue weighted by molar-refractivity contribution is 7.51. The molecular formula is C11H16NO3P. The number of hydrogen-bond donors (Lipinski definition) is 2. The lowest BCUT2D eigenvalue weighted by Crippen LogP contribution is -2.32. The van der Waals surface area contributed by atoms with Crippen LogP contribution in [0, 0.1) is 0 Å². The van der Waals surface area contributed by atoms with Crippen LogP contribution in [0.4, 0.5) is 0 Å². The largest absolute Gasteiger partial charge is 0.326 e. The number of rotatable bonds is 3. The van der Waals surface area contributed by atoms with E-state index in [-0.39, 0.29) is 6.16 Å². The van der Waals surface area contributed by atoms with Crippen molar-refractivity contribution in [2.24, 2.45) is 0 Å². The fraction of sp³-hybridized carbons (Fsp3) is 0.455. The number of hydrogen-bond acceptors (Lipinski definition) is 2. The van der Waals surface area contributed by atoms with Gasteiger partial charge in [0.2, 0.25) is 0 Å². The number of benzene rings is 1. The maximum atomic E-state index is 10.8. The van der Waals surface area contributed by atoms with Gasteiger partial charge in [-0.2, -0.15) is 0 Å². The zero-order valence-corrected chi connectivity index (χ0v) is 9.94. The average Bonchev–Trinajstić information content (AvgIpc) is 2.25. The minimum absolute atomic E-state index is 0.0465. The van der Waals surface area contributed by atoms with Gasteiger partial charge in [0.05, 0.1) is 6.16 Å². The molecule has 0 fully saturated rings. The van der Waals surface area contributed by atoms with Crippen molar-refractivity contribution in [3.05, 3.63) is 35.4 Å². The minimum Gasteiger partial charge on any atom is -0.324 e. The van der Waals surface area contributed by atoms with Gasteiger partial charge in [-0.3, -0.25) is 9.46 Å². The van der Waals surface area contributed by atoms with E-state index in [1.165, 1.54) is 11.1 Å². The van der Waals surface area contributed by atoms with Crippen LogP contribution >= 0.6 is 7.60 Å². The third-order valence-electron chi connectivity index (χ3n) is 2.92. The standard InChI is InChI=1S/C11H16NO3P/c13-16(14,15)8-7-12-6-5-10-3-1-2-4-11(10)9-12/h1-4H,5-9H2,(H2,13,14,15). The fourth-order valence-electron chi connectivity index (χ4n) is 2.02. The van der Waals surface area contributed by atoms with Crippen molar-refractivity contribution in [2.45, 2.75) is 13.0 Å². The van der Waals surface area contributed by atoms with E-state index in [0.29, 0.717) is 6.54 Å². The second-order valence-electron chi connectivity index (χ2n) is 4.18. The molecule has 0 spiro atoms. The molecule has 4 nitrogen and oxygen atoms in total. The molecule has 0 amide bonds. The van der Waals surface area contributed by atoms with Crippen molar-refractivity contribution in [3.8, 4) is 0 Å². The van der Waals surface area contributed by atoms with Crippen LogP contribution in [0.15, 0.2) is 24.3 Å². The molecule has 0 bridgehead atoms. The summed E-state index contributed by atoms with van der Waals surface area (Å²) in [5.74, 6) is 0. The van der Waals surface area contributed by atoms with Crippen LogP contribution in [-0.4, -0.2) is 33.9 Å². The lowest BCUT2D eigenvalue weighted by Gasteiger charge is -2.28. The van der Waals surface area contributed by atoms with Crippen molar-refractivity contribution in [2.75, 3.05) is 19.3 Å². The van der Waals surface area contributed by atoms with Crippen LogP contribution in [0.1, 0.15) is 11.1 Å².